The SMILES string of the molecule is Cc1csc(C2(C)OC23CCCCC3)n1. The van der Waals surface area contributed by atoms with Gasteiger partial charge in [0.05, 0.1) is 0 Å². The van der Waals surface area contributed by atoms with E-state index in [-0.39, 0.29) is 11.2 Å². The normalized spacial score (nSPS) is 33.2. The molecule has 3 rings (SSSR count). The largest absolute Gasteiger partial charge is 0.355 e. The summed E-state index contributed by atoms with van der Waals surface area (Å²) in [6.45, 7) is 4.27. The molecule has 2 fully saturated rings. The lowest BCUT2D eigenvalue weighted by molar-refractivity contribution is 0.225. The topological polar surface area (TPSA) is 25.4 Å². The lowest BCUT2D eigenvalue weighted by atomic mass is 9.81. The van der Waals surface area contributed by atoms with Gasteiger partial charge in [0.2, 0.25) is 0 Å². The average Bonchev–Trinajstić information content (AvgIpc) is 2.62. The van der Waals surface area contributed by atoms with E-state index in [4.69, 9.17) is 4.74 Å². The van der Waals surface area contributed by atoms with Gasteiger partial charge in [-0.05, 0) is 26.7 Å². The third-order valence-electron chi connectivity index (χ3n) is 3.92. The Morgan fingerprint density at radius 1 is 1.33 bits per heavy atom. The third-order valence-corrected chi connectivity index (χ3v) is 5.08. The summed E-state index contributed by atoms with van der Waals surface area (Å²) in [5.41, 5.74) is 1.21. The number of hydrogen-bond acceptors (Lipinski definition) is 3. The molecule has 1 aromatic heterocycles. The second-order valence-electron chi connectivity index (χ2n) is 4.98. The molecule has 2 heterocycles. The zero-order chi connectivity index (χ0) is 10.5. The van der Waals surface area contributed by atoms with Crippen molar-refractivity contribution in [1.29, 1.82) is 0 Å². The van der Waals surface area contributed by atoms with Gasteiger partial charge in [-0.25, -0.2) is 4.98 Å². The Bertz CT molecular complexity index is 381. The zero-order valence-electron chi connectivity index (χ0n) is 9.38. The van der Waals surface area contributed by atoms with E-state index in [1.165, 1.54) is 37.1 Å². The second-order valence-corrected chi connectivity index (χ2v) is 5.84. The maximum absolute atomic E-state index is 6.08. The van der Waals surface area contributed by atoms with Crippen LogP contribution in [0.1, 0.15) is 49.7 Å². The van der Waals surface area contributed by atoms with Crippen LogP contribution >= 0.6 is 11.3 Å². The van der Waals surface area contributed by atoms with E-state index in [9.17, 15) is 0 Å². The quantitative estimate of drug-likeness (QED) is 0.682. The van der Waals surface area contributed by atoms with Crippen LogP contribution in [0, 0.1) is 6.92 Å². The van der Waals surface area contributed by atoms with Gasteiger partial charge < -0.3 is 4.74 Å². The van der Waals surface area contributed by atoms with E-state index >= 15 is 0 Å². The molecule has 0 aromatic carbocycles. The van der Waals surface area contributed by atoms with Crippen LogP contribution in [0.15, 0.2) is 5.38 Å². The van der Waals surface area contributed by atoms with Crippen LogP contribution in [-0.2, 0) is 10.3 Å². The molecule has 1 saturated carbocycles. The monoisotopic (exact) mass is 223 g/mol. The van der Waals surface area contributed by atoms with E-state index in [1.54, 1.807) is 11.3 Å². The number of epoxide rings is 1. The first kappa shape index (κ1) is 9.79. The van der Waals surface area contributed by atoms with Gasteiger partial charge in [-0.2, -0.15) is 0 Å². The fraction of sp³-hybridized carbons (Fsp3) is 0.750. The fourth-order valence-electron chi connectivity index (χ4n) is 2.88. The molecule has 0 radical (unpaired) electrons. The zero-order valence-corrected chi connectivity index (χ0v) is 10.2. The van der Waals surface area contributed by atoms with Gasteiger partial charge in [0, 0.05) is 11.1 Å². The molecule has 3 heteroatoms. The van der Waals surface area contributed by atoms with Crippen molar-refractivity contribution >= 4 is 11.3 Å². The Morgan fingerprint density at radius 3 is 2.67 bits per heavy atom. The van der Waals surface area contributed by atoms with Crippen molar-refractivity contribution in [3.8, 4) is 0 Å². The summed E-state index contributed by atoms with van der Waals surface area (Å²) >= 11 is 1.75. The molecule has 1 aromatic rings. The van der Waals surface area contributed by atoms with E-state index in [0.29, 0.717) is 0 Å². The first-order valence-corrected chi connectivity index (χ1v) is 6.67. The molecule has 2 aliphatic rings. The molecule has 1 atom stereocenters. The van der Waals surface area contributed by atoms with Crippen LogP contribution in [0.2, 0.25) is 0 Å². The molecule has 1 aliphatic carbocycles. The first-order valence-electron chi connectivity index (χ1n) is 5.79. The highest BCUT2D eigenvalue weighted by molar-refractivity contribution is 7.09. The number of ether oxygens (including phenoxy) is 1. The molecule has 0 N–H and O–H groups in total. The molecule has 1 aliphatic heterocycles. The minimum atomic E-state index is -0.0631. The Hall–Kier alpha value is -0.410. The standard InChI is InChI=1S/C12H17NOS/c1-9-8-15-10(13-9)11(2)12(14-11)6-4-3-5-7-12/h8H,3-7H2,1-2H3. The summed E-state index contributed by atoms with van der Waals surface area (Å²) in [5.74, 6) is 0. The minimum Gasteiger partial charge on any atom is -0.355 e. The molecular formula is C12H17NOS. The highest BCUT2D eigenvalue weighted by Gasteiger charge is 2.68. The number of aryl methyl sites for hydroxylation is 1. The second kappa shape index (κ2) is 3.05. The highest BCUT2D eigenvalue weighted by atomic mass is 32.1. The van der Waals surface area contributed by atoms with Crippen LogP contribution in [0.3, 0.4) is 0 Å². The fourth-order valence-corrected chi connectivity index (χ4v) is 3.86. The Labute approximate surface area is 94.7 Å². The molecule has 0 amide bonds. The van der Waals surface area contributed by atoms with Crippen LogP contribution in [-0.4, -0.2) is 10.6 Å². The van der Waals surface area contributed by atoms with Crippen molar-refractivity contribution in [3.05, 3.63) is 16.1 Å². The van der Waals surface area contributed by atoms with Crippen molar-refractivity contribution in [2.24, 2.45) is 0 Å². The smallest absolute Gasteiger partial charge is 0.146 e. The molecule has 15 heavy (non-hydrogen) atoms. The molecule has 1 saturated heterocycles. The molecule has 1 spiro atoms. The maximum Gasteiger partial charge on any atom is 0.146 e. The van der Waals surface area contributed by atoms with Gasteiger partial charge in [-0.15, -0.1) is 11.3 Å². The molecule has 2 nitrogen and oxygen atoms in total. The van der Waals surface area contributed by atoms with Gasteiger partial charge in [0.1, 0.15) is 16.2 Å². The summed E-state index contributed by atoms with van der Waals surface area (Å²) in [7, 11) is 0. The van der Waals surface area contributed by atoms with Gasteiger partial charge in [0.15, 0.2) is 0 Å². The summed E-state index contributed by atoms with van der Waals surface area (Å²) in [4.78, 5) is 4.59. The third kappa shape index (κ3) is 1.29. The summed E-state index contributed by atoms with van der Waals surface area (Å²) in [6, 6.07) is 0. The van der Waals surface area contributed by atoms with Crippen LogP contribution in [0.25, 0.3) is 0 Å². The lowest BCUT2D eigenvalue weighted by Crippen LogP contribution is -2.24. The highest BCUT2D eigenvalue weighted by Crippen LogP contribution is 2.62. The van der Waals surface area contributed by atoms with Gasteiger partial charge in [-0.1, -0.05) is 19.3 Å². The number of rotatable bonds is 1. The Balaban J connectivity index is 1.88. The predicted molar refractivity (Wildman–Crippen MR) is 61.1 cm³/mol. The number of nitrogens with zero attached hydrogens (tertiary/aromatic N) is 1. The average molecular weight is 223 g/mol. The number of aromatic nitrogens is 1. The predicted octanol–water partition coefficient (Wildman–Crippen LogP) is 3.40. The van der Waals surface area contributed by atoms with Crippen molar-refractivity contribution in [1.82, 2.24) is 4.98 Å². The van der Waals surface area contributed by atoms with Gasteiger partial charge >= 0.3 is 0 Å². The maximum atomic E-state index is 6.08. The van der Waals surface area contributed by atoms with Crippen molar-refractivity contribution in [2.45, 2.75) is 57.2 Å². The van der Waals surface area contributed by atoms with E-state index in [0.717, 1.165) is 5.69 Å². The van der Waals surface area contributed by atoms with Crippen molar-refractivity contribution in [3.63, 3.8) is 0 Å². The van der Waals surface area contributed by atoms with Crippen LogP contribution in [0.4, 0.5) is 0 Å². The van der Waals surface area contributed by atoms with Crippen molar-refractivity contribution in [2.75, 3.05) is 0 Å². The van der Waals surface area contributed by atoms with Crippen LogP contribution in [0.5, 0.6) is 0 Å². The molecule has 82 valence electrons. The lowest BCUT2D eigenvalue weighted by Gasteiger charge is -2.20. The van der Waals surface area contributed by atoms with E-state index in [1.807, 2.05) is 0 Å². The number of thiazole rings is 1. The van der Waals surface area contributed by atoms with E-state index < -0.39 is 0 Å². The van der Waals surface area contributed by atoms with Crippen LogP contribution < -0.4 is 0 Å². The van der Waals surface area contributed by atoms with E-state index in [2.05, 4.69) is 24.2 Å². The minimum absolute atomic E-state index is 0.0631. The van der Waals surface area contributed by atoms with Gasteiger partial charge in [0.25, 0.3) is 0 Å². The number of hydrogen-bond donors (Lipinski definition) is 0. The van der Waals surface area contributed by atoms with Gasteiger partial charge in [-0.3, -0.25) is 0 Å². The molecule has 0 bridgehead atoms. The summed E-state index contributed by atoms with van der Waals surface area (Å²) in [6.07, 6.45) is 6.46. The first-order chi connectivity index (χ1) is 7.16. The Kier molecular flexibility index (Phi) is 1.99. The summed E-state index contributed by atoms with van der Waals surface area (Å²) in [5, 5.41) is 3.31. The molecular weight excluding hydrogens is 206 g/mol. The van der Waals surface area contributed by atoms with Crippen molar-refractivity contribution < 1.29 is 4.74 Å². The molecule has 1 unspecified atom stereocenters. The Morgan fingerprint density at radius 2 is 2.07 bits per heavy atom. The summed E-state index contributed by atoms with van der Waals surface area (Å²) < 4.78 is 6.08.